The van der Waals surface area contributed by atoms with Crippen molar-refractivity contribution in [2.24, 2.45) is 4.99 Å². The van der Waals surface area contributed by atoms with Gasteiger partial charge in [0.25, 0.3) is 0 Å². The Morgan fingerprint density at radius 3 is 2.88 bits per heavy atom. The average molecular weight is 213 g/mol. The van der Waals surface area contributed by atoms with Crippen molar-refractivity contribution in [2.45, 2.75) is 25.3 Å². The topological polar surface area (TPSA) is 42.6 Å². The summed E-state index contributed by atoms with van der Waals surface area (Å²) in [6.45, 7) is 1.93. The maximum Gasteiger partial charge on any atom is 0.235 e. The quantitative estimate of drug-likeness (QED) is 0.568. The molecule has 0 atom stereocenters. The van der Waals surface area contributed by atoms with Crippen LogP contribution in [-0.2, 0) is 10.3 Å². The number of hydrogen-bond donors (Lipinski definition) is 0. The van der Waals surface area contributed by atoms with Gasteiger partial charge in [-0.15, -0.1) is 0 Å². The molecule has 16 heavy (non-hydrogen) atoms. The molecule has 0 radical (unpaired) electrons. The van der Waals surface area contributed by atoms with Crippen molar-refractivity contribution in [3.05, 3.63) is 35.6 Å². The highest BCUT2D eigenvalue weighted by Crippen LogP contribution is 2.49. The molecule has 0 aliphatic heterocycles. The van der Waals surface area contributed by atoms with Crippen LogP contribution < -0.4 is 0 Å². The van der Waals surface area contributed by atoms with Crippen LogP contribution in [0.5, 0.6) is 0 Å². The van der Waals surface area contributed by atoms with E-state index in [1.807, 2.05) is 31.2 Å². The van der Waals surface area contributed by atoms with Gasteiger partial charge < -0.3 is 4.42 Å². The summed E-state index contributed by atoms with van der Waals surface area (Å²) in [5, 5.41) is 1.09. The SMILES string of the molecule is Cc1cc2ccc(C3(N=C=O)CC3)cc2o1. The van der Waals surface area contributed by atoms with Crippen LogP contribution in [0.15, 0.2) is 33.7 Å². The molecule has 0 unspecified atom stereocenters. The maximum atomic E-state index is 10.4. The molecular formula is C13H11NO2. The summed E-state index contributed by atoms with van der Waals surface area (Å²) >= 11 is 0. The van der Waals surface area contributed by atoms with E-state index in [1.165, 1.54) is 0 Å². The fraction of sp³-hybridized carbons (Fsp3) is 0.308. The lowest BCUT2D eigenvalue weighted by Gasteiger charge is -2.06. The summed E-state index contributed by atoms with van der Waals surface area (Å²) in [6.07, 6.45) is 3.51. The highest BCUT2D eigenvalue weighted by molar-refractivity contribution is 5.79. The number of furan rings is 1. The first-order chi connectivity index (χ1) is 7.73. The number of aliphatic imine (C=N–C) groups is 1. The van der Waals surface area contributed by atoms with Gasteiger partial charge in [0.05, 0.1) is 5.54 Å². The number of rotatable bonds is 2. The number of isocyanates is 1. The molecule has 80 valence electrons. The Bertz CT molecular complexity index is 601. The van der Waals surface area contributed by atoms with Crippen molar-refractivity contribution in [1.29, 1.82) is 0 Å². The minimum atomic E-state index is -0.309. The molecule has 1 aromatic heterocycles. The van der Waals surface area contributed by atoms with Gasteiger partial charge in [-0.25, -0.2) is 4.79 Å². The lowest BCUT2D eigenvalue weighted by atomic mass is 10.0. The van der Waals surface area contributed by atoms with Gasteiger partial charge in [0.2, 0.25) is 6.08 Å². The van der Waals surface area contributed by atoms with Gasteiger partial charge in [0.1, 0.15) is 11.3 Å². The Morgan fingerprint density at radius 2 is 2.19 bits per heavy atom. The van der Waals surface area contributed by atoms with Crippen molar-refractivity contribution in [3.63, 3.8) is 0 Å². The highest BCUT2D eigenvalue weighted by atomic mass is 16.3. The van der Waals surface area contributed by atoms with Crippen molar-refractivity contribution >= 4 is 17.0 Å². The third kappa shape index (κ3) is 1.29. The predicted molar refractivity (Wildman–Crippen MR) is 60.0 cm³/mol. The number of carbonyl (C=O) groups excluding carboxylic acids is 1. The molecule has 1 aliphatic carbocycles. The molecule has 3 heteroatoms. The van der Waals surface area contributed by atoms with E-state index in [0.29, 0.717) is 0 Å². The summed E-state index contributed by atoms with van der Waals surface area (Å²) in [5.41, 5.74) is 1.61. The Balaban J connectivity index is 2.15. The van der Waals surface area contributed by atoms with Crippen LogP contribution in [0.25, 0.3) is 11.0 Å². The molecule has 0 saturated heterocycles. The minimum Gasteiger partial charge on any atom is -0.461 e. The van der Waals surface area contributed by atoms with E-state index in [0.717, 1.165) is 35.1 Å². The lowest BCUT2D eigenvalue weighted by Crippen LogP contribution is -2.01. The van der Waals surface area contributed by atoms with Gasteiger partial charge in [0, 0.05) is 5.39 Å². The Labute approximate surface area is 92.8 Å². The second-order valence-electron chi connectivity index (χ2n) is 4.34. The van der Waals surface area contributed by atoms with Crippen molar-refractivity contribution in [3.8, 4) is 0 Å². The second kappa shape index (κ2) is 3.06. The van der Waals surface area contributed by atoms with Gasteiger partial charge in [0.15, 0.2) is 0 Å². The summed E-state index contributed by atoms with van der Waals surface area (Å²) in [6, 6.07) is 8.02. The van der Waals surface area contributed by atoms with E-state index in [-0.39, 0.29) is 5.54 Å². The number of hydrogen-bond acceptors (Lipinski definition) is 3. The second-order valence-corrected chi connectivity index (χ2v) is 4.34. The van der Waals surface area contributed by atoms with Crippen molar-refractivity contribution in [2.75, 3.05) is 0 Å². The zero-order valence-corrected chi connectivity index (χ0v) is 8.99. The molecule has 1 aliphatic rings. The molecule has 1 saturated carbocycles. The third-order valence-electron chi connectivity index (χ3n) is 3.16. The molecule has 1 aromatic carbocycles. The zero-order valence-electron chi connectivity index (χ0n) is 8.99. The molecular weight excluding hydrogens is 202 g/mol. The first kappa shape index (κ1) is 9.37. The summed E-state index contributed by atoms with van der Waals surface area (Å²) in [5.74, 6) is 0.899. The fourth-order valence-electron chi connectivity index (χ4n) is 2.12. The largest absolute Gasteiger partial charge is 0.461 e. The van der Waals surface area contributed by atoms with Gasteiger partial charge in [-0.2, -0.15) is 4.99 Å². The van der Waals surface area contributed by atoms with E-state index in [2.05, 4.69) is 4.99 Å². The predicted octanol–water partition coefficient (Wildman–Crippen LogP) is 3.07. The number of benzene rings is 1. The minimum absolute atomic E-state index is 0.309. The molecule has 0 N–H and O–H groups in total. The Hall–Kier alpha value is -1.86. The molecule has 2 aromatic rings. The average Bonchev–Trinajstić information content (AvgIpc) is 2.93. The van der Waals surface area contributed by atoms with E-state index in [4.69, 9.17) is 4.42 Å². The molecule has 1 heterocycles. The molecule has 3 rings (SSSR count). The number of nitrogens with zero attached hydrogens (tertiary/aromatic N) is 1. The van der Waals surface area contributed by atoms with Crippen LogP contribution >= 0.6 is 0 Å². The van der Waals surface area contributed by atoms with Crippen molar-refractivity contribution in [1.82, 2.24) is 0 Å². The lowest BCUT2D eigenvalue weighted by molar-refractivity contribution is 0.555. The van der Waals surface area contributed by atoms with E-state index >= 15 is 0 Å². The molecule has 0 spiro atoms. The standard InChI is InChI=1S/C13H11NO2/c1-9-6-10-2-3-11(7-12(10)16-9)13(4-5-13)14-8-15/h2-3,6-7H,4-5H2,1H3. The number of fused-ring (bicyclic) bond motifs is 1. The maximum absolute atomic E-state index is 10.4. The van der Waals surface area contributed by atoms with Crippen LogP contribution in [0.4, 0.5) is 0 Å². The van der Waals surface area contributed by atoms with Crippen LogP contribution in [0.1, 0.15) is 24.2 Å². The van der Waals surface area contributed by atoms with Gasteiger partial charge >= 0.3 is 0 Å². The van der Waals surface area contributed by atoms with Crippen LogP contribution in [-0.4, -0.2) is 6.08 Å². The monoisotopic (exact) mass is 213 g/mol. The molecule has 0 amide bonds. The molecule has 3 nitrogen and oxygen atoms in total. The van der Waals surface area contributed by atoms with E-state index < -0.39 is 0 Å². The summed E-state index contributed by atoms with van der Waals surface area (Å²) in [4.78, 5) is 14.3. The number of aryl methyl sites for hydroxylation is 1. The first-order valence-electron chi connectivity index (χ1n) is 5.33. The first-order valence-corrected chi connectivity index (χ1v) is 5.33. The van der Waals surface area contributed by atoms with Gasteiger partial charge in [-0.05, 0) is 37.5 Å². The van der Waals surface area contributed by atoms with Crippen molar-refractivity contribution < 1.29 is 9.21 Å². The van der Waals surface area contributed by atoms with E-state index in [1.54, 1.807) is 6.08 Å². The van der Waals surface area contributed by atoms with Crippen LogP contribution in [0, 0.1) is 6.92 Å². The summed E-state index contributed by atoms with van der Waals surface area (Å²) in [7, 11) is 0. The third-order valence-corrected chi connectivity index (χ3v) is 3.16. The zero-order chi connectivity index (χ0) is 11.2. The summed E-state index contributed by atoms with van der Waals surface area (Å²) < 4.78 is 5.57. The van der Waals surface area contributed by atoms with Crippen LogP contribution in [0.2, 0.25) is 0 Å². The Morgan fingerprint density at radius 1 is 1.38 bits per heavy atom. The van der Waals surface area contributed by atoms with E-state index in [9.17, 15) is 4.79 Å². The molecule has 1 fully saturated rings. The molecule has 0 bridgehead atoms. The highest BCUT2D eigenvalue weighted by Gasteiger charge is 2.44. The van der Waals surface area contributed by atoms with Gasteiger partial charge in [-0.3, -0.25) is 0 Å². The Kier molecular flexibility index (Phi) is 1.79. The smallest absolute Gasteiger partial charge is 0.235 e. The van der Waals surface area contributed by atoms with Crippen LogP contribution in [0.3, 0.4) is 0 Å². The fourth-order valence-corrected chi connectivity index (χ4v) is 2.12. The normalized spacial score (nSPS) is 17.1. The van der Waals surface area contributed by atoms with Gasteiger partial charge in [-0.1, -0.05) is 12.1 Å².